The minimum Gasteiger partial charge on any atom is -0.483 e. The molecule has 4 rings (SSSR count). The Morgan fingerprint density at radius 1 is 1.34 bits per heavy atom. The number of aromatic nitrogens is 1. The third-order valence-corrected chi connectivity index (χ3v) is 5.84. The van der Waals surface area contributed by atoms with Gasteiger partial charge in [-0.3, -0.25) is 19.4 Å². The van der Waals surface area contributed by atoms with Gasteiger partial charge in [0.15, 0.2) is 0 Å². The van der Waals surface area contributed by atoms with Crippen molar-refractivity contribution >= 4 is 18.3 Å². The molecule has 0 unspecified atom stereocenters. The van der Waals surface area contributed by atoms with Crippen LogP contribution in [-0.4, -0.2) is 65.1 Å². The van der Waals surface area contributed by atoms with E-state index in [-0.39, 0.29) is 24.4 Å². The number of hydrogen-bond donors (Lipinski definition) is 2. The molecule has 2 aliphatic heterocycles. The number of carbonyl (C=O) groups excluding carboxylic acids is 2. The van der Waals surface area contributed by atoms with Gasteiger partial charge in [-0.25, -0.2) is 0 Å². The normalized spacial score (nSPS) is 25.4. The lowest BCUT2D eigenvalue weighted by Gasteiger charge is -2.35. The largest absolute Gasteiger partial charge is 0.483 e. The first-order valence-corrected chi connectivity index (χ1v) is 10.3. The molecule has 3 atom stereocenters. The second-order valence-corrected chi connectivity index (χ2v) is 7.88. The highest BCUT2D eigenvalue weighted by molar-refractivity contribution is 5.94. The van der Waals surface area contributed by atoms with Crippen molar-refractivity contribution in [3.8, 4) is 0 Å². The summed E-state index contributed by atoms with van der Waals surface area (Å²) in [7, 11) is 0. The predicted octanol–water partition coefficient (Wildman–Crippen LogP) is 1.49. The minimum absolute atomic E-state index is 0.00139. The van der Waals surface area contributed by atoms with Crippen LogP contribution >= 0.6 is 0 Å². The van der Waals surface area contributed by atoms with E-state index < -0.39 is 0 Å². The van der Waals surface area contributed by atoms with Gasteiger partial charge in [-0.15, -0.1) is 0 Å². The minimum atomic E-state index is -0.250. The van der Waals surface area contributed by atoms with Crippen LogP contribution in [0.1, 0.15) is 48.7 Å². The molecule has 0 bridgehead atoms. The van der Waals surface area contributed by atoms with Crippen molar-refractivity contribution in [1.82, 2.24) is 15.2 Å². The summed E-state index contributed by atoms with van der Waals surface area (Å²) < 4.78 is 5.93. The Morgan fingerprint density at radius 3 is 2.72 bits per heavy atom. The molecule has 0 aromatic carbocycles. The molecule has 29 heavy (non-hydrogen) atoms. The maximum atomic E-state index is 12.8. The number of amides is 2. The van der Waals surface area contributed by atoms with Crippen molar-refractivity contribution in [1.29, 1.82) is 0 Å². The zero-order valence-electron chi connectivity index (χ0n) is 16.8. The first-order chi connectivity index (χ1) is 14.0. The molecular weight excluding hydrogens is 374 g/mol. The maximum Gasteiger partial charge on any atom is 0.290 e. The molecule has 1 aromatic rings. The summed E-state index contributed by atoms with van der Waals surface area (Å²) in [6.45, 7) is 3.87. The number of hydrogen-bond acceptors (Lipinski definition) is 5. The van der Waals surface area contributed by atoms with Crippen molar-refractivity contribution < 1.29 is 24.2 Å². The molecular formula is C21H29N3O5. The third-order valence-electron chi connectivity index (χ3n) is 5.84. The number of aryl methyl sites for hydroxylation is 1. The molecule has 8 nitrogen and oxygen atoms in total. The van der Waals surface area contributed by atoms with E-state index in [0.717, 1.165) is 37.9 Å². The molecule has 2 amide bonds. The Bertz CT molecular complexity index is 720. The van der Waals surface area contributed by atoms with E-state index in [0.29, 0.717) is 43.0 Å². The Kier molecular flexibility index (Phi) is 7.19. The van der Waals surface area contributed by atoms with Crippen LogP contribution in [0.2, 0.25) is 0 Å². The molecule has 1 saturated carbocycles. The average molecular weight is 403 g/mol. The highest BCUT2D eigenvalue weighted by Gasteiger charge is 2.42. The Labute approximate surface area is 170 Å². The Hall–Kier alpha value is -2.48. The number of likely N-dealkylation sites (tertiary alicyclic amines) is 1. The van der Waals surface area contributed by atoms with Crippen LogP contribution in [0, 0.1) is 11.8 Å². The number of carboxylic acid groups (broad SMARTS) is 1. The molecule has 1 aliphatic carbocycles. The van der Waals surface area contributed by atoms with Gasteiger partial charge in [0.05, 0.1) is 24.7 Å². The smallest absolute Gasteiger partial charge is 0.290 e. The van der Waals surface area contributed by atoms with E-state index in [2.05, 4.69) is 17.2 Å². The van der Waals surface area contributed by atoms with E-state index in [4.69, 9.17) is 14.6 Å². The first-order valence-electron chi connectivity index (χ1n) is 10.3. The van der Waals surface area contributed by atoms with Crippen LogP contribution in [0.4, 0.5) is 0 Å². The topological polar surface area (TPSA) is 109 Å². The fraction of sp³-hybridized carbons (Fsp3) is 0.619. The molecule has 2 saturated heterocycles. The van der Waals surface area contributed by atoms with Gasteiger partial charge in [0.2, 0.25) is 5.91 Å². The fourth-order valence-corrected chi connectivity index (χ4v) is 4.12. The molecule has 3 fully saturated rings. The van der Waals surface area contributed by atoms with Crippen LogP contribution in [0.15, 0.2) is 18.3 Å². The van der Waals surface area contributed by atoms with Crippen molar-refractivity contribution in [3.05, 3.63) is 29.6 Å². The summed E-state index contributed by atoms with van der Waals surface area (Å²) in [4.78, 5) is 39.4. The number of nitrogens with one attached hydrogen (secondary N) is 1. The maximum absolute atomic E-state index is 12.8. The van der Waals surface area contributed by atoms with Crippen LogP contribution in [-0.2, 0) is 20.7 Å². The molecule has 158 valence electrons. The van der Waals surface area contributed by atoms with E-state index in [9.17, 15) is 9.59 Å². The Balaban J connectivity index is 0.000000755. The summed E-state index contributed by atoms with van der Waals surface area (Å²) in [6, 6.07) is 4.19. The first kappa shape index (κ1) is 21.2. The monoisotopic (exact) mass is 403 g/mol. The summed E-state index contributed by atoms with van der Waals surface area (Å²) in [5.74, 6) is 0.867. The molecule has 3 heterocycles. The van der Waals surface area contributed by atoms with E-state index >= 15 is 0 Å². The highest BCUT2D eigenvalue weighted by atomic mass is 16.5. The highest BCUT2D eigenvalue weighted by Crippen LogP contribution is 2.36. The molecule has 0 radical (unpaired) electrons. The van der Waals surface area contributed by atoms with Gasteiger partial charge >= 0.3 is 0 Å². The van der Waals surface area contributed by atoms with Crippen LogP contribution in [0.25, 0.3) is 0 Å². The van der Waals surface area contributed by atoms with Crippen molar-refractivity contribution in [3.63, 3.8) is 0 Å². The number of carbonyl (C=O) groups is 3. The zero-order chi connectivity index (χ0) is 20.8. The lowest BCUT2D eigenvalue weighted by Crippen LogP contribution is -2.45. The van der Waals surface area contributed by atoms with Crippen molar-refractivity contribution in [2.45, 2.75) is 51.2 Å². The van der Waals surface area contributed by atoms with Crippen LogP contribution in [0.3, 0.4) is 0 Å². The van der Waals surface area contributed by atoms with Crippen LogP contribution < -0.4 is 5.32 Å². The van der Waals surface area contributed by atoms with Gasteiger partial charge in [-0.1, -0.05) is 6.92 Å². The quantitative estimate of drug-likeness (QED) is 0.721. The Morgan fingerprint density at radius 2 is 2.10 bits per heavy atom. The molecule has 0 spiro atoms. The van der Waals surface area contributed by atoms with E-state index in [1.54, 1.807) is 6.20 Å². The number of piperidine rings is 1. The van der Waals surface area contributed by atoms with E-state index in [1.165, 1.54) is 0 Å². The number of ether oxygens (including phenoxy) is 1. The molecule has 1 aromatic heterocycles. The zero-order valence-corrected chi connectivity index (χ0v) is 16.8. The van der Waals surface area contributed by atoms with Gasteiger partial charge in [0.25, 0.3) is 12.4 Å². The number of fused-ring (bicyclic) bond motifs is 1. The molecule has 8 heteroatoms. The van der Waals surface area contributed by atoms with Gasteiger partial charge in [-0.05, 0) is 43.7 Å². The standard InChI is InChI=1S/C20H27N3O3.CH2O2/c1-2-15-4-3-13(10-21-15)20(25)23-8-7-17-14(11-23)12-26-18(17)9-19(24)22-16-5-6-16;2-1-3/h3-4,10,14,16-18H,2,5-9,11-12H2,1H3,(H,22,24);1H,(H,2,3)/t14-,17-,18+;/m1./s1. The number of rotatable bonds is 5. The van der Waals surface area contributed by atoms with Gasteiger partial charge in [0, 0.05) is 36.9 Å². The molecule has 2 N–H and O–H groups in total. The van der Waals surface area contributed by atoms with Gasteiger partial charge in [0.1, 0.15) is 0 Å². The van der Waals surface area contributed by atoms with Gasteiger partial charge < -0.3 is 20.1 Å². The lowest BCUT2D eigenvalue weighted by atomic mass is 9.83. The van der Waals surface area contributed by atoms with Crippen molar-refractivity contribution in [2.24, 2.45) is 11.8 Å². The SMILES string of the molecule is CCc1ccc(C(=O)N2CC[C@@H]3[C@@H](CO[C@H]3CC(=O)NC3CC3)C2)cn1.O=CO. The fourth-order valence-electron chi connectivity index (χ4n) is 4.12. The summed E-state index contributed by atoms with van der Waals surface area (Å²) in [5, 5.41) is 9.93. The van der Waals surface area contributed by atoms with Crippen molar-refractivity contribution in [2.75, 3.05) is 19.7 Å². The predicted molar refractivity (Wildman–Crippen MR) is 105 cm³/mol. The lowest BCUT2D eigenvalue weighted by molar-refractivity contribution is -0.124. The molecule has 3 aliphatic rings. The van der Waals surface area contributed by atoms with Crippen LogP contribution in [0.5, 0.6) is 0 Å². The number of pyridine rings is 1. The van der Waals surface area contributed by atoms with E-state index in [1.807, 2.05) is 17.0 Å². The van der Waals surface area contributed by atoms with Gasteiger partial charge in [-0.2, -0.15) is 0 Å². The summed E-state index contributed by atoms with van der Waals surface area (Å²) in [6.07, 6.45) is 6.12. The number of nitrogens with zero attached hydrogens (tertiary/aromatic N) is 2. The second-order valence-electron chi connectivity index (χ2n) is 7.88. The average Bonchev–Trinajstić information content (AvgIpc) is 3.46. The summed E-state index contributed by atoms with van der Waals surface area (Å²) >= 11 is 0. The third kappa shape index (κ3) is 5.53. The summed E-state index contributed by atoms with van der Waals surface area (Å²) in [5.41, 5.74) is 1.65. The second kappa shape index (κ2) is 9.82.